The third kappa shape index (κ3) is 4.17. The fourth-order valence-corrected chi connectivity index (χ4v) is 3.68. The van der Waals surface area contributed by atoms with Gasteiger partial charge >= 0.3 is 0 Å². The molecule has 1 amide bonds. The maximum Gasteiger partial charge on any atom is 0.234 e. The van der Waals surface area contributed by atoms with Gasteiger partial charge in [0.2, 0.25) is 5.91 Å². The van der Waals surface area contributed by atoms with Gasteiger partial charge in [0.15, 0.2) is 5.43 Å². The van der Waals surface area contributed by atoms with Crippen LogP contribution in [0.4, 0.5) is 5.69 Å². The Morgan fingerprint density at radius 1 is 1.08 bits per heavy atom. The van der Waals surface area contributed by atoms with Gasteiger partial charge in [-0.1, -0.05) is 29.8 Å². The molecule has 0 spiro atoms. The third-order valence-corrected chi connectivity index (χ3v) is 5.26. The van der Waals surface area contributed by atoms with E-state index < -0.39 is 0 Å². The minimum absolute atomic E-state index is 0.0118. The number of benzene rings is 2. The molecular weight excluding hydrogens is 344 g/mol. The molecule has 0 saturated carbocycles. The summed E-state index contributed by atoms with van der Waals surface area (Å²) in [4.78, 5) is 27.7. The van der Waals surface area contributed by atoms with Gasteiger partial charge in [-0.25, -0.2) is 0 Å². The summed E-state index contributed by atoms with van der Waals surface area (Å²) < 4.78 is 0. The summed E-state index contributed by atoms with van der Waals surface area (Å²) in [7, 11) is 0. The molecule has 0 fully saturated rings. The second-order valence-electron chi connectivity index (χ2n) is 6.52. The Labute approximate surface area is 157 Å². The normalized spacial score (nSPS) is 10.9. The summed E-state index contributed by atoms with van der Waals surface area (Å²) >= 11 is 1.48. The molecule has 0 unspecified atom stereocenters. The van der Waals surface area contributed by atoms with E-state index >= 15 is 0 Å². The van der Waals surface area contributed by atoms with Gasteiger partial charge in [0, 0.05) is 28.6 Å². The zero-order chi connectivity index (χ0) is 18.7. The average Bonchev–Trinajstić information content (AvgIpc) is 2.58. The summed E-state index contributed by atoms with van der Waals surface area (Å²) in [6, 6.07) is 13.3. The summed E-state index contributed by atoms with van der Waals surface area (Å²) in [5.41, 5.74) is 5.83. The first kappa shape index (κ1) is 18.3. The van der Waals surface area contributed by atoms with Crippen molar-refractivity contribution in [2.24, 2.45) is 0 Å². The molecule has 0 atom stereocenters. The number of aryl methyl sites for hydroxylation is 3. The standard InChI is InChI=1S/C21H22N2O2S/c1-13-7-8-18(15(3)9-13)23-20(25)12-26-11-16-10-19(24)17-6-4-5-14(2)21(17)22-16/h4-10H,11-12H2,1-3H3,(H,22,24)(H,23,25). The minimum Gasteiger partial charge on any atom is -0.357 e. The first-order chi connectivity index (χ1) is 12.4. The molecule has 1 aromatic heterocycles. The van der Waals surface area contributed by atoms with Crippen molar-refractivity contribution in [3.05, 3.63) is 75.1 Å². The van der Waals surface area contributed by atoms with Crippen LogP contribution >= 0.6 is 11.8 Å². The smallest absolute Gasteiger partial charge is 0.234 e. The molecule has 26 heavy (non-hydrogen) atoms. The fraction of sp³-hybridized carbons (Fsp3) is 0.238. The summed E-state index contributed by atoms with van der Waals surface area (Å²) in [6.45, 7) is 5.99. The second-order valence-corrected chi connectivity index (χ2v) is 7.50. The van der Waals surface area contributed by atoms with Gasteiger partial charge in [-0.2, -0.15) is 0 Å². The summed E-state index contributed by atoms with van der Waals surface area (Å²) in [5, 5.41) is 3.64. The zero-order valence-corrected chi connectivity index (χ0v) is 16.0. The van der Waals surface area contributed by atoms with Gasteiger partial charge in [-0.15, -0.1) is 11.8 Å². The molecule has 134 valence electrons. The van der Waals surface area contributed by atoms with Crippen molar-refractivity contribution in [2.45, 2.75) is 26.5 Å². The van der Waals surface area contributed by atoms with Crippen molar-refractivity contribution < 1.29 is 4.79 Å². The Kier molecular flexibility index (Phi) is 5.47. The lowest BCUT2D eigenvalue weighted by atomic mass is 10.1. The molecule has 4 nitrogen and oxygen atoms in total. The fourth-order valence-electron chi connectivity index (χ4n) is 2.94. The molecule has 2 aromatic carbocycles. The van der Waals surface area contributed by atoms with Crippen LogP contribution in [0.15, 0.2) is 47.3 Å². The highest BCUT2D eigenvalue weighted by Crippen LogP contribution is 2.18. The first-order valence-electron chi connectivity index (χ1n) is 8.50. The van der Waals surface area contributed by atoms with Crippen LogP contribution in [0.1, 0.15) is 22.4 Å². The molecule has 0 aliphatic heterocycles. The number of fused-ring (bicyclic) bond motifs is 1. The molecule has 1 heterocycles. The van der Waals surface area contributed by atoms with Crippen molar-refractivity contribution in [3.8, 4) is 0 Å². The first-order valence-corrected chi connectivity index (χ1v) is 9.66. The van der Waals surface area contributed by atoms with Crippen LogP contribution in [0.3, 0.4) is 0 Å². The number of rotatable bonds is 5. The van der Waals surface area contributed by atoms with Gasteiger partial charge in [-0.3, -0.25) is 9.59 Å². The van der Waals surface area contributed by atoms with Gasteiger partial charge in [0.25, 0.3) is 0 Å². The lowest BCUT2D eigenvalue weighted by molar-refractivity contribution is -0.113. The molecule has 0 saturated heterocycles. The number of pyridine rings is 1. The predicted molar refractivity (Wildman–Crippen MR) is 110 cm³/mol. The van der Waals surface area contributed by atoms with Crippen LogP contribution < -0.4 is 10.7 Å². The zero-order valence-electron chi connectivity index (χ0n) is 15.2. The predicted octanol–water partition coefficient (Wildman–Crippen LogP) is 4.33. The van der Waals surface area contributed by atoms with Crippen LogP contribution in [0, 0.1) is 20.8 Å². The molecule has 0 bridgehead atoms. The van der Waals surface area contributed by atoms with Crippen LogP contribution in [-0.2, 0) is 10.5 Å². The van der Waals surface area contributed by atoms with Crippen LogP contribution in [0.2, 0.25) is 0 Å². The third-order valence-electron chi connectivity index (χ3n) is 4.28. The van der Waals surface area contributed by atoms with Crippen molar-refractivity contribution in [2.75, 3.05) is 11.1 Å². The van der Waals surface area contributed by atoms with E-state index in [2.05, 4.69) is 10.3 Å². The van der Waals surface area contributed by atoms with Crippen molar-refractivity contribution in [1.29, 1.82) is 0 Å². The minimum atomic E-state index is -0.0405. The second kappa shape index (κ2) is 7.79. The van der Waals surface area contributed by atoms with E-state index in [0.717, 1.165) is 28.0 Å². The Balaban J connectivity index is 1.63. The van der Waals surface area contributed by atoms with E-state index in [1.165, 1.54) is 17.3 Å². The molecule has 0 aliphatic rings. The quantitative estimate of drug-likeness (QED) is 0.707. The summed E-state index contributed by atoms with van der Waals surface area (Å²) in [6.07, 6.45) is 0. The number of hydrogen-bond acceptors (Lipinski definition) is 3. The molecule has 0 radical (unpaired) electrons. The number of anilines is 1. The average molecular weight is 366 g/mol. The van der Waals surface area contributed by atoms with E-state index in [9.17, 15) is 9.59 Å². The number of aromatic amines is 1. The van der Waals surface area contributed by atoms with Gasteiger partial charge in [0.05, 0.1) is 11.3 Å². The Morgan fingerprint density at radius 2 is 1.88 bits per heavy atom. The van der Waals surface area contributed by atoms with Crippen LogP contribution in [0.5, 0.6) is 0 Å². The lowest BCUT2D eigenvalue weighted by Crippen LogP contribution is -2.15. The van der Waals surface area contributed by atoms with Gasteiger partial charge in [0.1, 0.15) is 0 Å². The van der Waals surface area contributed by atoms with Crippen molar-refractivity contribution in [1.82, 2.24) is 4.98 Å². The molecule has 3 rings (SSSR count). The van der Waals surface area contributed by atoms with E-state index in [-0.39, 0.29) is 11.3 Å². The maximum atomic E-state index is 12.2. The number of H-pyrrole nitrogens is 1. The number of para-hydroxylation sites is 1. The Hall–Kier alpha value is -2.53. The number of amides is 1. The van der Waals surface area contributed by atoms with E-state index in [0.29, 0.717) is 16.9 Å². The van der Waals surface area contributed by atoms with Crippen LogP contribution in [0.25, 0.3) is 10.9 Å². The number of carbonyl (C=O) groups is 1. The van der Waals surface area contributed by atoms with E-state index in [1.54, 1.807) is 6.07 Å². The van der Waals surface area contributed by atoms with E-state index in [4.69, 9.17) is 0 Å². The topological polar surface area (TPSA) is 62.0 Å². The highest BCUT2D eigenvalue weighted by molar-refractivity contribution is 7.99. The highest BCUT2D eigenvalue weighted by atomic mass is 32.2. The molecule has 5 heteroatoms. The van der Waals surface area contributed by atoms with E-state index in [1.807, 2.05) is 57.2 Å². The molecule has 3 aromatic rings. The number of nitrogens with one attached hydrogen (secondary N) is 2. The highest BCUT2D eigenvalue weighted by Gasteiger charge is 2.08. The summed E-state index contributed by atoms with van der Waals surface area (Å²) in [5.74, 6) is 0.877. The Bertz CT molecular complexity index is 1020. The SMILES string of the molecule is Cc1ccc(NC(=O)CSCc2cc(=O)c3cccc(C)c3[nH]2)c(C)c1. The maximum absolute atomic E-state index is 12.2. The largest absolute Gasteiger partial charge is 0.357 e. The van der Waals surface area contributed by atoms with Gasteiger partial charge in [-0.05, 0) is 44.0 Å². The van der Waals surface area contributed by atoms with Crippen LogP contribution in [-0.4, -0.2) is 16.6 Å². The molecule has 0 aliphatic carbocycles. The Morgan fingerprint density at radius 3 is 2.65 bits per heavy atom. The molecule has 2 N–H and O–H groups in total. The number of carbonyl (C=O) groups excluding carboxylic acids is 1. The monoisotopic (exact) mass is 366 g/mol. The van der Waals surface area contributed by atoms with Crippen molar-refractivity contribution >= 4 is 34.3 Å². The van der Waals surface area contributed by atoms with Crippen molar-refractivity contribution in [3.63, 3.8) is 0 Å². The number of aromatic nitrogens is 1. The number of hydrogen-bond donors (Lipinski definition) is 2. The number of thioether (sulfide) groups is 1. The van der Waals surface area contributed by atoms with Gasteiger partial charge < -0.3 is 10.3 Å². The lowest BCUT2D eigenvalue weighted by Gasteiger charge is -2.09. The molecular formula is C21H22N2O2S.